The van der Waals surface area contributed by atoms with Crippen LogP contribution in [0.1, 0.15) is 0 Å². The number of benzene rings is 1. The van der Waals surface area contributed by atoms with E-state index in [2.05, 4.69) is 31.3 Å². The molecule has 0 unspecified atom stereocenters. The Labute approximate surface area is 134 Å². The van der Waals surface area contributed by atoms with Crippen molar-refractivity contribution in [2.45, 2.75) is 6.61 Å². The van der Waals surface area contributed by atoms with Gasteiger partial charge in [0.15, 0.2) is 5.75 Å². The number of ether oxygens (including phenoxy) is 2. The highest BCUT2D eigenvalue weighted by atomic mass is 79.9. The fraction of sp³-hybridized carbons (Fsp3) is 0.417. The Morgan fingerprint density at radius 2 is 2.19 bits per heavy atom. The maximum atomic E-state index is 12.4. The molecule has 0 fully saturated rings. The molecule has 0 atom stereocenters. The van der Waals surface area contributed by atoms with Crippen molar-refractivity contribution in [1.82, 2.24) is 5.32 Å². The zero-order valence-electron chi connectivity index (χ0n) is 11.1. The van der Waals surface area contributed by atoms with Gasteiger partial charge in [0.25, 0.3) is 0 Å². The molecule has 0 aliphatic rings. The molecule has 0 aromatic heterocycles. The van der Waals surface area contributed by atoms with Gasteiger partial charge in [0, 0.05) is 18.7 Å². The molecule has 9 heteroatoms. The molecule has 21 heavy (non-hydrogen) atoms. The summed E-state index contributed by atoms with van der Waals surface area (Å²) in [6, 6.07) is 2.73. The summed E-state index contributed by atoms with van der Waals surface area (Å²) in [5.41, 5.74) is 0.0632. The van der Waals surface area contributed by atoms with Gasteiger partial charge >= 0.3 is 6.61 Å². The van der Waals surface area contributed by atoms with Gasteiger partial charge in [0.05, 0.1) is 23.3 Å². The third kappa shape index (κ3) is 6.56. The van der Waals surface area contributed by atoms with E-state index in [0.717, 1.165) is 0 Å². The largest absolute Gasteiger partial charge is 0.431 e. The number of carbonyl (C=O) groups excluding carboxylic acids is 1. The van der Waals surface area contributed by atoms with Crippen molar-refractivity contribution in [1.29, 1.82) is 0 Å². The first-order valence-electron chi connectivity index (χ1n) is 5.87. The minimum Gasteiger partial charge on any atom is -0.431 e. The summed E-state index contributed by atoms with van der Waals surface area (Å²) in [7, 11) is 1.54. The monoisotopic (exact) mass is 386 g/mol. The first-order chi connectivity index (χ1) is 9.93. The van der Waals surface area contributed by atoms with Crippen LogP contribution >= 0.6 is 27.5 Å². The second kappa shape index (κ2) is 9.14. The molecule has 118 valence electrons. The lowest BCUT2D eigenvalue weighted by Gasteiger charge is -2.14. The zero-order valence-corrected chi connectivity index (χ0v) is 13.4. The quantitative estimate of drug-likeness (QED) is 0.674. The van der Waals surface area contributed by atoms with Gasteiger partial charge in [-0.15, -0.1) is 0 Å². The SMILES string of the molecule is COCCNCC(=O)Nc1cc(Cl)cc(Br)c1OC(F)F. The molecule has 0 radical (unpaired) electrons. The van der Waals surface area contributed by atoms with Crippen molar-refractivity contribution < 1.29 is 23.0 Å². The zero-order chi connectivity index (χ0) is 15.8. The van der Waals surface area contributed by atoms with Crippen LogP contribution in [0.4, 0.5) is 14.5 Å². The van der Waals surface area contributed by atoms with Crippen LogP contribution in [0, 0.1) is 0 Å². The molecule has 0 heterocycles. The van der Waals surface area contributed by atoms with Crippen LogP contribution in [0.25, 0.3) is 0 Å². The molecule has 1 aromatic carbocycles. The minimum atomic E-state index is -3.02. The third-order valence-corrected chi connectivity index (χ3v) is 3.07. The summed E-state index contributed by atoms with van der Waals surface area (Å²) in [5.74, 6) is -0.598. The summed E-state index contributed by atoms with van der Waals surface area (Å²) in [6.07, 6.45) is 0. The Kier molecular flexibility index (Phi) is 7.87. The molecule has 2 N–H and O–H groups in total. The van der Waals surface area contributed by atoms with Crippen molar-refractivity contribution in [2.75, 3.05) is 32.1 Å². The number of rotatable bonds is 8. The van der Waals surface area contributed by atoms with E-state index < -0.39 is 12.5 Å². The third-order valence-electron chi connectivity index (χ3n) is 2.26. The molecule has 0 saturated heterocycles. The van der Waals surface area contributed by atoms with Gasteiger partial charge in [-0.1, -0.05) is 11.6 Å². The smallest absolute Gasteiger partial charge is 0.387 e. The fourth-order valence-corrected chi connectivity index (χ4v) is 2.34. The van der Waals surface area contributed by atoms with Gasteiger partial charge in [-0.3, -0.25) is 4.79 Å². The fourth-order valence-electron chi connectivity index (χ4n) is 1.43. The number of methoxy groups -OCH3 is 1. The van der Waals surface area contributed by atoms with Gasteiger partial charge in [-0.05, 0) is 28.1 Å². The molecule has 0 aliphatic heterocycles. The lowest BCUT2D eigenvalue weighted by Crippen LogP contribution is -2.30. The van der Waals surface area contributed by atoms with E-state index in [-0.39, 0.29) is 27.5 Å². The molecular formula is C12H14BrClF2N2O3. The van der Waals surface area contributed by atoms with Crippen LogP contribution in [0.15, 0.2) is 16.6 Å². The van der Waals surface area contributed by atoms with Crippen molar-refractivity contribution in [2.24, 2.45) is 0 Å². The molecular weight excluding hydrogens is 373 g/mol. The number of hydrogen-bond donors (Lipinski definition) is 2. The minimum absolute atomic E-state index is 0.00160. The predicted molar refractivity (Wildman–Crippen MR) is 79.2 cm³/mol. The summed E-state index contributed by atoms with van der Waals surface area (Å²) >= 11 is 8.89. The van der Waals surface area contributed by atoms with Gasteiger partial charge in [0.2, 0.25) is 5.91 Å². The lowest BCUT2D eigenvalue weighted by molar-refractivity contribution is -0.115. The Morgan fingerprint density at radius 1 is 1.48 bits per heavy atom. The summed E-state index contributed by atoms with van der Waals surface area (Å²) in [4.78, 5) is 11.7. The van der Waals surface area contributed by atoms with Gasteiger partial charge in [0.1, 0.15) is 0 Å². The van der Waals surface area contributed by atoms with E-state index in [0.29, 0.717) is 13.2 Å². The lowest BCUT2D eigenvalue weighted by atomic mass is 10.3. The van der Waals surface area contributed by atoms with E-state index >= 15 is 0 Å². The van der Waals surface area contributed by atoms with E-state index in [1.807, 2.05) is 0 Å². The second-order valence-electron chi connectivity index (χ2n) is 3.86. The highest BCUT2D eigenvalue weighted by Crippen LogP contribution is 2.37. The van der Waals surface area contributed by atoms with Crippen molar-refractivity contribution in [3.63, 3.8) is 0 Å². The molecule has 1 rings (SSSR count). The van der Waals surface area contributed by atoms with E-state index in [1.165, 1.54) is 12.1 Å². The van der Waals surface area contributed by atoms with E-state index in [4.69, 9.17) is 16.3 Å². The number of carbonyl (C=O) groups is 1. The van der Waals surface area contributed by atoms with Crippen LogP contribution < -0.4 is 15.4 Å². The number of nitrogens with one attached hydrogen (secondary N) is 2. The van der Waals surface area contributed by atoms with Crippen LogP contribution in [0.5, 0.6) is 5.75 Å². The predicted octanol–water partition coefficient (Wildman–Crippen LogP) is 2.88. The van der Waals surface area contributed by atoms with E-state index in [1.54, 1.807) is 7.11 Å². The average Bonchev–Trinajstić information content (AvgIpc) is 2.38. The Hall–Kier alpha value is -0.960. The van der Waals surface area contributed by atoms with Crippen molar-refractivity contribution in [3.05, 3.63) is 21.6 Å². The molecule has 0 aliphatic carbocycles. The highest BCUT2D eigenvalue weighted by Gasteiger charge is 2.16. The standard InChI is InChI=1S/C12H14BrClF2N2O3/c1-20-3-2-17-6-10(19)18-9-5-7(14)4-8(13)11(9)21-12(15)16/h4-5,12,17H,2-3,6H2,1H3,(H,18,19). The number of halogens is 4. The van der Waals surface area contributed by atoms with Gasteiger partial charge in [-0.2, -0.15) is 8.78 Å². The number of amides is 1. The molecule has 0 bridgehead atoms. The molecule has 0 spiro atoms. The topological polar surface area (TPSA) is 59.6 Å². The number of alkyl halides is 2. The second-order valence-corrected chi connectivity index (χ2v) is 5.15. The maximum absolute atomic E-state index is 12.4. The first-order valence-corrected chi connectivity index (χ1v) is 7.04. The first kappa shape index (κ1) is 18.1. The normalized spacial score (nSPS) is 10.8. The molecule has 1 aromatic rings. The van der Waals surface area contributed by atoms with Crippen LogP contribution in [0.2, 0.25) is 5.02 Å². The molecule has 5 nitrogen and oxygen atoms in total. The molecule has 1 amide bonds. The Balaban J connectivity index is 2.74. The molecule has 0 saturated carbocycles. The van der Waals surface area contributed by atoms with Gasteiger partial charge < -0.3 is 20.1 Å². The Bertz CT molecular complexity index is 492. The van der Waals surface area contributed by atoms with E-state index in [9.17, 15) is 13.6 Å². The van der Waals surface area contributed by atoms with Crippen molar-refractivity contribution >= 4 is 39.1 Å². The number of anilines is 1. The summed E-state index contributed by atoms with van der Waals surface area (Å²) < 4.78 is 34.2. The van der Waals surface area contributed by atoms with Crippen molar-refractivity contribution in [3.8, 4) is 5.75 Å². The average molecular weight is 388 g/mol. The van der Waals surface area contributed by atoms with Crippen LogP contribution in [0.3, 0.4) is 0 Å². The maximum Gasteiger partial charge on any atom is 0.387 e. The summed E-state index contributed by atoms with van der Waals surface area (Å²) in [5, 5.41) is 5.55. The Morgan fingerprint density at radius 3 is 2.81 bits per heavy atom. The van der Waals surface area contributed by atoms with Gasteiger partial charge in [-0.25, -0.2) is 0 Å². The number of hydrogen-bond acceptors (Lipinski definition) is 4. The van der Waals surface area contributed by atoms with Crippen LogP contribution in [-0.2, 0) is 9.53 Å². The van der Waals surface area contributed by atoms with Crippen LogP contribution in [-0.4, -0.2) is 39.3 Å². The highest BCUT2D eigenvalue weighted by molar-refractivity contribution is 9.10. The summed E-state index contributed by atoms with van der Waals surface area (Å²) in [6.45, 7) is -2.07.